The Labute approximate surface area is 146 Å². The summed E-state index contributed by atoms with van der Waals surface area (Å²) >= 11 is 0. The van der Waals surface area contributed by atoms with Crippen LogP contribution in [0.5, 0.6) is 0 Å². The van der Waals surface area contributed by atoms with Crippen molar-refractivity contribution in [1.29, 1.82) is 0 Å². The van der Waals surface area contributed by atoms with E-state index in [0.29, 0.717) is 0 Å². The number of fused-ring (bicyclic) bond motifs is 1. The van der Waals surface area contributed by atoms with Crippen LogP contribution in [0, 0.1) is 13.8 Å². The number of rotatable bonds is 0. The minimum atomic E-state index is 0. The first-order valence-electron chi connectivity index (χ1n) is 5.57. The molecule has 98 valence electrons. The van der Waals surface area contributed by atoms with Crippen molar-refractivity contribution in [2.24, 2.45) is 0 Å². The Hall–Kier alpha value is -0.357. The molecule has 0 heterocycles. The number of aryl methyl sites for hydroxylation is 2. The van der Waals surface area contributed by atoms with E-state index in [1.165, 1.54) is 21.9 Å². The van der Waals surface area contributed by atoms with E-state index in [2.05, 4.69) is 44.2 Å². The maximum atomic E-state index is 2.18. The van der Waals surface area contributed by atoms with E-state index >= 15 is 0 Å². The molecule has 0 spiro atoms. The van der Waals surface area contributed by atoms with Crippen molar-refractivity contribution in [3.8, 4) is 0 Å². The zero-order valence-corrected chi connectivity index (χ0v) is 15.0. The van der Waals surface area contributed by atoms with E-state index in [-0.39, 0.29) is 51.0 Å². The second kappa shape index (κ2) is 10.4. The van der Waals surface area contributed by atoms with Crippen LogP contribution in [-0.4, -0.2) is 0 Å². The number of halogens is 2. The second-order valence-corrected chi connectivity index (χ2v) is 4.01. The summed E-state index contributed by atoms with van der Waals surface area (Å²) in [5.41, 5.74) is 2.74. The van der Waals surface area contributed by atoms with Crippen molar-refractivity contribution >= 4 is 10.8 Å². The third kappa shape index (κ3) is 5.65. The van der Waals surface area contributed by atoms with Crippen LogP contribution in [0.1, 0.15) is 11.1 Å². The summed E-state index contributed by atoms with van der Waals surface area (Å²) < 4.78 is 0. The second-order valence-electron chi connectivity index (χ2n) is 4.01. The zero-order valence-electron chi connectivity index (χ0n) is 11.0. The molecule has 0 aliphatic carbocycles. The Balaban J connectivity index is 0. The van der Waals surface area contributed by atoms with Gasteiger partial charge in [0.2, 0.25) is 0 Å². The first-order valence-corrected chi connectivity index (χ1v) is 5.57. The molecule has 0 aliphatic heterocycles. The SMILES string of the molecule is Cc1ccc(C)c2[cH-]ccc12.[Cl-].[Cl-].[Zr+4].c1cc[cH-]c1. The van der Waals surface area contributed by atoms with Gasteiger partial charge in [-0.2, -0.15) is 30.3 Å². The predicted octanol–water partition coefficient (Wildman–Crippen LogP) is -1.41. The molecule has 3 rings (SSSR count). The van der Waals surface area contributed by atoms with Gasteiger partial charge in [-0.15, -0.1) is 28.5 Å². The molecule has 0 aliphatic rings. The standard InChI is InChI=1S/C11H11.C5H5.2ClH.Zr/c1-8-6-7-9(2)11-5-3-4-10(8)11;1-2-4-5-3-1;;;/h3-7H,1-2H3;1-5H;2*1H;/q2*-1;;;+4/p-2. The fourth-order valence-corrected chi connectivity index (χ4v) is 1.86. The van der Waals surface area contributed by atoms with E-state index in [1.54, 1.807) is 0 Å². The van der Waals surface area contributed by atoms with Crippen LogP contribution in [0.4, 0.5) is 0 Å². The average Bonchev–Trinajstić information content (AvgIpc) is 2.94. The first-order chi connectivity index (χ1) is 7.79. The predicted molar refractivity (Wildman–Crippen MR) is 71.1 cm³/mol. The first kappa shape index (κ1) is 21.0. The summed E-state index contributed by atoms with van der Waals surface area (Å²) in [5.74, 6) is 0. The van der Waals surface area contributed by atoms with E-state index in [9.17, 15) is 0 Å². The monoisotopic (exact) mass is 368 g/mol. The molecule has 3 aromatic rings. The topological polar surface area (TPSA) is 0 Å². The largest absolute Gasteiger partial charge is 4.00 e. The van der Waals surface area contributed by atoms with Gasteiger partial charge < -0.3 is 24.8 Å². The Morgan fingerprint density at radius 3 is 1.84 bits per heavy atom. The molecular weight excluding hydrogens is 354 g/mol. The smallest absolute Gasteiger partial charge is 1.00 e. The summed E-state index contributed by atoms with van der Waals surface area (Å²) in [6.07, 6.45) is 0. The summed E-state index contributed by atoms with van der Waals surface area (Å²) in [6, 6.07) is 20.8. The van der Waals surface area contributed by atoms with Gasteiger partial charge in [-0.25, -0.2) is 12.1 Å². The third-order valence-electron chi connectivity index (χ3n) is 2.80. The van der Waals surface area contributed by atoms with Gasteiger partial charge in [-0.05, 0) is 6.92 Å². The molecule has 0 nitrogen and oxygen atoms in total. The maximum Gasteiger partial charge on any atom is 4.00 e. The molecule has 0 atom stereocenters. The van der Waals surface area contributed by atoms with Crippen LogP contribution < -0.4 is 24.8 Å². The van der Waals surface area contributed by atoms with Gasteiger partial charge >= 0.3 is 26.2 Å². The third-order valence-corrected chi connectivity index (χ3v) is 2.80. The molecule has 0 bridgehead atoms. The van der Waals surface area contributed by atoms with E-state index in [0.717, 1.165) is 0 Å². The Morgan fingerprint density at radius 2 is 1.37 bits per heavy atom. The zero-order chi connectivity index (χ0) is 11.4. The molecule has 0 N–H and O–H groups in total. The van der Waals surface area contributed by atoms with Crippen molar-refractivity contribution in [3.63, 3.8) is 0 Å². The van der Waals surface area contributed by atoms with Crippen LogP contribution in [-0.2, 0) is 26.2 Å². The Morgan fingerprint density at radius 1 is 0.789 bits per heavy atom. The van der Waals surface area contributed by atoms with Gasteiger partial charge in [-0.1, -0.05) is 18.6 Å². The minimum absolute atomic E-state index is 0. The molecule has 19 heavy (non-hydrogen) atoms. The van der Waals surface area contributed by atoms with Crippen LogP contribution in [0.15, 0.2) is 60.7 Å². The van der Waals surface area contributed by atoms with Crippen LogP contribution in [0.2, 0.25) is 0 Å². The average molecular weight is 370 g/mol. The molecule has 0 unspecified atom stereocenters. The van der Waals surface area contributed by atoms with Crippen molar-refractivity contribution in [2.45, 2.75) is 13.8 Å². The Kier molecular flexibility index (Phi) is 11.5. The summed E-state index contributed by atoms with van der Waals surface area (Å²) in [5, 5.41) is 2.79. The van der Waals surface area contributed by atoms with Gasteiger partial charge in [0.25, 0.3) is 0 Å². The fourth-order valence-electron chi connectivity index (χ4n) is 1.86. The van der Waals surface area contributed by atoms with Crippen molar-refractivity contribution in [2.75, 3.05) is 0 Å². The van der Waals surface area contributed by atoms with Crippen molar-refractivity contribution < 1.29 is 51.0 Å². The quantitative estimate of drug-likeness (QED) is 0.427. The van der Waals surface area contributed by atoms with Gasteiger partial charge in [0.05, 0.1) is 0 Å². The van der Waals surface area contributed by atoms with Crippen LogP contribution in [0.3, 0.4) is 0 Å². The molecular formula is C16H16Cl2Zr. The molecule has 0 fully saturated rings. The molecule has 0 amide bonds. The fraction of sp³-hybridized carbons (Fsp3) is 0.125. The summed E-state index contributed by atoms with van der Waals surface area (Å²) in [4.78, 5) is 0. The van der Waals surface area contributed by atoms with E-state index in [1.807, 2.05) is 30.3 Å². The summed E-state index contributed by atoms with van der Waals surface area (Å²) in [6.45, 7) is 4.31. The molecule has 0 saturated heterocycles. The number of benzene rings is 1. The molecule has 0 aromatic heterocycles. The van der Waals surface area contributed by atoms with Gasteiger partial charge in [0, 0.05) is 0 Å². The normalized spacial score (nSPS) is 8.32. The molecule has 3 aromatic carbocycles. The minimum Gasteiger partial charge on any atom is -1.00 e. The summed E-state index contributed by atoms with van der Waals surface area (Å²) in [7, 11) is 0. The number of hydrogen-bond donors (Lipinski definition) is 0. The van der Waals surface area contributed by atoms with Gasteiger partial charge in [0.1, 0.15) is 0 Å². The van der Waals surface area contributed by atoms with Crippen molar-refractivity contribution in [1.82, 2.24) is 0 Å². The Bertz CT molecular complexity index is 500. The van der Waals surface area contributed by atoms with Crippen molar-refractivity contribution in [3.05, 3.63) is 71.8 Å². The van der Waals surface area contributed by atoms with E-state index < -0.39 is 0 Å². The molecule has 3 heteroatoms. The van der Waals surface area contributed by atoms with Gasteiger partial charge in [0.15, 0.2) is 0 Å². The van der Waals surface area contributed by atoms with Gasteiger partial charge in [-0.3, -0.25) is 0 Å². The van der Waals surface area contributed by atoms with Crippen LogP contribution >= 0.6 is 0 Å². The van der Waals surface area contributed by atoms with E-state index in [4.69, 9.17) is 0 Å². The van der Waals surface area contributed by atoms with Crippen LogP contribution in [0.25, 0.3) is 10.8 Å². The maximum absolute atomic E-state index is 2.18. The number of hydrogen-bond acceptors (Lipinski definition) is 0. The molecule has 0 saturated carbocycles. The molecule has 0 radical (unpaired) electrons.